The van der Waals surface area contributed by atoms with Crippen LogP contribution in [0.3, 0.4) is 0 Å². The number of carboxylic acids is 1. The van der Waals surface area contributed by atoms with Crippen LogP contribution in [0, 0.1) is 0 Å². The van der Waals surface area contributed by atoms with Crippen molar-refractivity contribution < 1.29 is 42.9 Å². The topological polar surface area (TPSA) is 111 Å². The summed E-state index contributed by atoms with van der Waals surface area (Å²) in [6.45, 7) is 4.53. The summed E-state index contributed by atoms with van der Waals surface area (Å²) < 4.78 is 22.4. The molecule has 0 saturated carbocycles. The van der Waals surface area contributed by atoms with Crippen molar-refractivity contribution in [3.63, 3.8) is 0 Å². The lowest BCUT2D eigenvalue weighted by Gasteiger charge is -2.26. The Hall–Kier alpha value is -2.75. The first-order valence-corrected chi connectivity index (χ1v) is 23.8. The first-order chi connectivity index (χ1) is 28.6. The molecule has 0 aliphatic carbocycles. The molecule has 0 rings (SSSR count). The molecule has 0 N–H and O–H groups in total. The van der Waals surface area contributed by atoms with Gasteiger partial charge in [0.2, 0.25) is 0 Å². The fourth-order valence-electron chi connectivity index (χ4n) is 6.41. The first-order valence-electron chi connectivity index (χ1n) is 23.8. The number of esters is 2. The summed E-state index contributed by atoms with van der Waals surface area (Å²) in [6.07, 6.45) is 46.4. The van der Waals surface area contributed by atoms with E-state index in [-0.39, 0.29) is 38.6 Å². The Morgan fingerprint density at radius 2 is 0.966 bits per heavy atom. The first kappa shape index (κ1) is 56.2. The summed E-state index contributed by atoms with van der Waals surface area (Å²) in [4.78, 5) is 36.6. The van der Waals surface area contributed by atoms with Crippen molar-refractivity contribution in [2.24, 2.45) is 0 Å². The monoisotopic (exact) mass is 832 g/mol. The van der Waals surface area contributed by atoms with E-state index in [9.17, 15) is 19.5 Å². The molecule has 0 radical (unpaired) electrons. The van der Waals surface area contributed by atoms with Gasteiger partial charge in [-0.1, -0.05) is 178 Å². The highest BCUT2D eigenvalue weighted by atomic mass is 16.7. The highest BCUT2D eigenvalue weighted by molar-refractivity contribution is 5.70. The second-order valence-electron chi connectivity index (χ2n) is 17.0. The summed E-state index contributed by atoms with van der Waals surface area (Å²) in [7, 11) is 5.90. The average molecular weight is 832 g/mol. The van der Waals surface area contributed by atoms with Gasteiger partial charge >= 0.3 is 11.9 Å². The minimum absolute atomic E-state index is 0.148. The average Bonchev–Trinajstić information content (AvgIpc) is 3.19. The SMILES string of the molecule is CC/C=C\C/C=C\C/C=C\C/C=C\CCCCCCCCCCCCCCCCCCC(=O)OC(COC(=O)CCCCCCC)COC(OCC[N+](C)(C)C)C(=O)[O-]. The van der Waals surface area contributed by atoms with Gasteiger partial charge in [-0.25, -0.2) is 0 Å². The molecule has 2 unspecified atom stereocenters. The van der Waals surface area contributed by atoms with Crippen LogP contribution >= 0.6 is 0 Å². The second-order valence-corrected chi connectivity index (χ2v) is 17.0. The maximum absolute atomic E-state index is 12.7. The molecule has 342 valence electrons. The number of quaternary nitrogens is 1. The third kappa shape index (κ3) is 43.2. The lowest BCUT2D eigenvalue weighted by atomic mass is 10.0. The van der Waals surface area contributed by atoms with Crippen LogP contribution in [0.15, 0.2) is 48.6 Å². The lowest BCUT2D eigenvalue weighted by molar-refractivity contribution is -0.870. The molecule has 0 fully saturated rings. The zero-order chi connectivity index (χ0) is 43.5. The van der Waals surface area contributed by atoms with Gasteiger partial charge in [0.25, 0.3) is 0 Å². The molecule has 0 heterocycles. The lowest BCUT2D eigenvalue weighted by Crippen LogP contribution is -2.44. The van der Waals surface area contributed by atoms with E-state index in [4.69, 9.17) is 18.9 Å². The summed E-state index contributed by atoms with van der Waals surface area (Å²) in [5.41, 5.74) is 0. The number of hydrogen-bond acceptors (Lipinski definition) is 8. The maximum Gasteiger partial charge on any atom is 0.306 e. The molecule has 0 aromatic heterocycles. The highest BCUT2D eigenvalue weighted by Crippen LogP contribution is 2.15. The predicted octanol–water partition coefficient (Wildman–Crippen LogP) is 11.4. The van der Waals surface area contributed by atoms with Gasteiger partial charge in [-0.2, -0.15) is 0 Å². The number of unbranched alkanes of at least 4 members (excludes halogenated alkanes) is 20. The Morgan fingerprint density at radius 3 is 1.44 bits per heavy atom. The number of likely N-dealkylation sites (N-methyl/N-ethyl adjacent to an activating group) is 1. The second kappa shape index (κ2) is 42.0. The molecule has 0 amide bonds. The largest absolute Gasteiger partial charge is 0.545 e. The molecular weight excluding hydrogens is 743 g/mol. The van der Waals surface area contributed by atoms with E-state index in [0.29, 0.717) is 17.4 Å². The molecule has 0 spiro atoms. The summed E-state index contributed by atoms with van der Waals surface area (Å²) in [5, 5.41) is 11.6. The van der Waals surface area contributed by atoms with Crippen LogP contribution in [0.5, 0.6) is 0 Å². The number of hydrogen-bond donors (Lipinski definition) is 0. The smallest absolute Gasteiger partial charge is 0.306 e. The van der Waals surface area contributed by atoms with E-state index in [1.165, 1.54) is 89.9 Å². The number of carbonyl (C=O) groups is 3. The van der Waals surface area contributed by atoms with Crippen molar-refractivity contribution in [3.05, 3.63) is 48.6 Å². The Balaban J connectivity index is 4.02. The number of rotatable bonds is 43. The zero-order valence-electron chi connectivity index (χ0n) is 38.6. The van der Waals surface area contributed by atoms with Crippen LogP contribution in [0.1, 0.15) is 194 Å². The number of allylic oxidation sites excluding steroid dienone is 8. The van der Waals surface area contributed by atoms with E-state index >= 15 is 0 Å². The van der Waals surface area contributed by atoms with Gasteiger partial charge in [0.05, 0.1) is 40.3 Å². The van der Waals surface area contributed by atoms with Crippen LogP contribution in [0.2, 0.25) is 0 Å². The third-order valence-corrected chi connectivity index (χ3v) is 10.1. The summed E-state index contributed by atoms with van der Waals surface area (Å²) in [6, 6.07) is 0. The fraction of sp³-hybridized carbons (Fsp3) is 0.780. The molecular formula is C50H89NO8. The normalized spacial score (nSPS) is 13.3. The molecule has 59 heavy (non-hydrogen) atoms. The minimum atomic E-state index is -1.62. The number of carbonyl (C=O) groups excluding carboxylic acids is 3. The fourth-order valence-corrected chi connectivity index (χ4v) is 6.41. The molecule has 9 nitrogen and oxygen atoms in total. The number of ether oxygens (including phenoxy) is 4. The van der Waals surface area contributed by atoms with E-state index < -0.39 is 24.3 Å². The number of aliphatic carboxylic acids is 1. The van der Waals surface area contributed by atoms with Crippen molar-refractivity contribution in [1.29, 1.82) is 0 Å². The molecule has 2 atom stereocenters. The van der Waals surface area contributed by atoms with Crippen molar-refractivity contribution in [2.75, 3.05) is 47.5 Å². The standard InChI is InChI=1S/C50H89NO8/c1-6-8-10-12-13-14-15-16-17-18-19-20-21-22-23-24-25-26-27-28-29-30-31-32-33-34-35-37-39-41-48(53)59-46(44-57-47(52)40-38-36-11-9-7-2)45-58-50(49(54)55)56-43-42-51(3,4)5/h8,10,13-14,16-17,19-20,46,50H,6-7,9,11-12,15,18,21-45H2,1-5H3/b10-8-,14-13-,17-16-,20-19-. The molecule has 0 aliphatic rings. The Morgan fingerprint density at radius 1 is 0.525 bits per heavy atom. The molecule has 0 aliphatic heterocycles. The van der Waals surface area contributed by atoms with Gasteiger partial charge < -0.3 is 33.3 Å². The van der Waals surface area contributed by atoms with E-state index in [1.807, 2.05) is 21.1 Å². The van der Waals surface area contributed by atoms with E-state index in [2.05, 4.69) is 62.5 Å². The Kier molecular flexibility index (Phi) is 40.0. The van der Waals surface area contributed by atoms with E-state index in [1.54, 1.807) is 0 Å². The van der Waals surface area contributed by atoms with Crippen molar-refractivity contribution in [1.82, 2.24) is 0 Å². The molecule has 0 aromatic rings. The number of nitrogens with zero attached hydrogens (tertiary/aromatic N) is 1. The van der Waals surface area contributed by atoms with Crippen LogP contribution in [0.25, 0.3) is 0 Å². The van der Waals surface area contributed by atoms with Crippen molar-refractivity contribution in [2.45, 2.75) is 206 Å². The van der Waals surface area contributed by atoms with Gasteiger partial charge in [0, 0.05) is 12.8 Å². The van der Waals surface area contributed by atoms with E-state index in [0.717, 1.165) is 70.6 Å². The van der Waals surface area contributed by atoms with Gasteiger partial charge in [0.1, 0.15) is 13.2 Å². The van der Waals surface area contributed by atoms with Gasteiger partial charge in [-0.3, -0.25) is 9.59 Å². The van der Waals surface area contributed by atoms with Crippen LogP contribution in [-0.4, -0.2) is 82.3 Å². The van der Waals surface area contributed by atoms with Gasteiger partial charge in [-0.15, -0.1) is 0 Å². The van der Waals surface area contributed by atoms with Gasteiger partial charge in [-0.05, 0) is 51.4 Å². The molecule has 9 heteroatoms. The Labute approximate surface area is 362 Å². The highest BCUT2D eigenvalue weighted by Gasteiger charge is 2.21. The summed E-state index contributed by atoms with van der Waals surface area (Å²) >= 11 is 0. The third-order valence-electron chi connectivity index (χ3n) is 10.1. The quantitative estimate of drug-likeness (QED) is 0.0196. The number of carboxylic acid groups (broad SMARTS) is 1. The van der Waals surface area contributed by atoms with Crippen LogP contribution < -0.4 is 5.11 Å². The van der Waals surface area contributed by atoms with Crippen molar-refractivity contribution >= 4 is 17.9 Å². The van der Waals surface area contributed by atoms with Crippen LogP contribution in [0.4, 0.5) is 0 Å². The molecule has 0 bridgehead atoms. The Bertz CT molecular complexity index is 1110. The molecule has 0 aromatic carbocycles. The van der Waals surface area contributed by atoms with Crippen LogP contribution in [-0.2, 0) is 33.3 Å². The summed E-state index contributed by atoms with van der Waals surface area (Å²) in [5.74, 6) is -2.30. The maximum atomic E-state index is 12.7. The van der Waals surface area contributed by atoms with Crippen molar-refractivity contribution in [3.8, 4) is 0 Å². The van der Waals surface area contributed by atoms with Gasteiger partial charge in [0.15, 0.2) is 12.4 Å². The molecule has 0 saturated heterocycles. The minimum Gasteiger partial charge on any atom is -0.545 e. The predicted molar refractivity (Wildman–Crippen MR) is 242 cm³/mol. The zero-order valence-corrected chi connectivity index (χ0v) is 38.6.